The predicted molar refractivity (Wildman–Crippen MR) is 54.0 cm³/mol. The number of carboxylic acids is 2. The van der Waals surface area contributed by atoms with E-state index in [1.54, 1.807) is 0 Å². The van der Waals surface area contributed by atoms with E-state index in [1.807, 2.05) is 0 Å². The van der Waals surface area contributed by atoms with E-state index in [1.165, 1.54) is 0 Å². The Morgan fingerprint density at radius 2 is 1.39 bits per heavy atom. The normalized spacial score (nSPS) is 12.7. The third-order valence-electron chi connectivity index (χ3n) is 1.53. The number of hydrogen-bond donors (Lipinski definition) is 3. The summed E-state index contributed by atoms with van der Waals surface area (Å²) in [5.74, 6) is -6.24. The second-order valence-electron chi connectivity index (χ2n) is 2.74. The molecule has 0 saturated carbocycles. The molecule has 0 rings (SSSR count). The molecule has 0 unspecified atom stereocenters. The maximum Gasteiger partial charge on any atom is 0.349 e. The molecule has 0 aliphatic rings. The highest BCUT2D eigenvalue weighted by atomic mass is 16.6. The van der Waals surface area contributed by atoms with Crippen molar-refractivity contribution < 1.29 is 38.9 Å². The van der Waals surface area contributed by atoms with Crippen LogP contribution in [0, 0.1) is 5.41 Å². The summed E-state index contributed by atoms with van der Waals surface area (Å²) in [6.45, 7) is 3.00. The molecule has 0 radical (unpaired) electrons. The van der Waals surface area contributed by atoms with Crippen LogP contribution in [0.3, 0.4) is 0 Å². The molecule has 9 heteroatoms. The maximum absolute atomic E-state index is 10.8. The van der Waals surface area contributed by atoms with E-state index in [0.29, 0.717) is 6.08 Å². The minimum absolute atomic E-state index is 0.143. The van der Waals surface area contributed by atoms with Crippen LogP contribution in [0.5, 0.6) is 0 Å². The molecule has 3 N–H and O–H groups in total. The van der Waals surface area contributed by atoms with E-state index in [4.69, 9.17) is 15.6 Å². The Morgan fingerprint density at radius 1 is 1.00 bits per heavy atom. The summed E-state index contributed by atoms with van der Waals surface area (Å²) in [6.07, 6.45) is -3.74. The molecule has 0 aliphatic carbocycles. The predicted octanol–water partition coefficient (Wildman–Crippen LogP) is -1.19. The summed E-state index contributed by atoms with van der Waals surface area (Å²) in [4.78, 5) is 43.0. The van der Waals surface area contributed by atoms with Crippen molar-refractivity contribution in [2.75, 3.05) is 0 Å². The lowest BCUT2D eigenvalue weighted by Gasteiger charge is -2.19. The van der Waals surface area contributed by atoms with Crippen molar-refractivity contribution >= 4 is 30.1 Å². The standard InChI is InChI=1S/C9H9NO8/c1-2-4(11)17-6(8(13)14)7(9(15)16)18-5(12)3-10/h2-3,6-7,10H,1H2,(H,13,14)(H,15,16)/t6-,7-/m1/s1. The van der Waals surface area contributed by atoms with Gasteiger partial charge in [0, 0.05) is 6.08 Å². The largest absolute Gasteiger partial charge is 0.478 e. The monoisotopic (exact) mass is 259 g/mol. The van der Waals surface area contributed by atoms with Crippen molar-refractivity contribution in [2.24, 2.45) is 0 Å². The Kier molecular flexibility index (Phi) is 5.76. The molecule has 0 aromatic heterocycles. The number of ether oxygens (including phenoxy) is 2. The van der Waals surface area contributed by atoms with Crippen LogP contribution < -0.4 is 0 Å². The molecular weight excluding hydrogens is 250 g/mol. The van der Waals surface area contributed by atoms with E-state index in [-0.39, 0.29) is 6.21 Å². The van der Waals surface area contributed by atoms with Gasteiger partial charge < -0.3 is 25.1 Å². The van der Waals surface area contributed by atoms with Crippen LogP contribution in [0.15, 0.2) is 12.7 Å². The number of esters is 2. The number of aliphatic carboxylic acids is 2. The molecule has 0 heterocycles. The first-order valence-corrected chi connectivity index (χ1v) is 4.33. The van der Waals surface area contributed by atoms with Gasteiger partial charge in [0.25, 0.3) is 0 Å². The molecule has 0 saturated heterocycles. The zero-order valence-corrected chi connectivity index (χ0v) is 8.86. The molecule has 0 amide bonds. The lowest BCUT2D eigenvalue weighted by Crippen LogP contribution is -2.45. The van der Waals surface area contributed by atoms with Gasteiger partial charge in [0.05, 0.1) is 0 Å². The second-order valence-corrected chi connectivity index (χ2v) is 2.74. The van der Waals surface area contributed by atoms with E-state index in [9.17, 15) is 19.2 Å². The fourth-order valence-corrected chi connectivity index (χ4v) is 0.816. The quantitative estimate of drug-likeness (QED) is 0.293. The molecule has 0 aliphatic heterocycles. The maximum atomic E-state index is 10.8. The second kappa shape index (κ2) is 6.78. The van der Waals surface area contributed by atoms with Crippen LogP contribution in [-0.4, -0.2) is 52.5 Å². The lowest BCUT2D eigenvalue weighted by atomic mass is 10.2. The van der Waals surface area contributed by atoms with Gasteiger partial charge in [-0.2, -0.15) is 0 Å². The van der Waals surface area contributed by atoms with E-state index >= 15 is 0 Å². The summed E-state index contributed by atoms with van der Waals surface area (Å²) in [7, 11) is 0. The number of carboxylic acid groups (broad SMARTS) is 2. The number of carbonyl (C=O) groups excluding carboxylic acids is 2. The van der Waals surface area contributed by atoms with Gasteiger partial charge in [0.2, 0.25) is 12.2 Å². The van der Waals surface area contributed by atoms with Crippen molar-refractivity contribution in [1.29, 1.82) is 5.41 Å². The third-order valence-corrected chi connectivity index (χ3v) is 1.53. The van der Waals surface area contributed by atoms with E-state index < -0.39 is 36.1 Å². The van der Waals surface area contributed by atoms with Gasteiger partial charge in [-0.3, -0.25) is 0 Å². The van der Waals surface area contributed by atoms with Gasteiger partial charge in [-0.25, -0.2) is 19.2 Å². The average molecular weight is 259 g/mol. The van der Waals surface area contributed by atoms with Crippen LogP contribution in [0.4, 0.5) is 0 Å². The third kappa shape index (κ3) is 4.43. The van der Waals surface area contributed by atoms with Crippen LogP contribution in [0.25, 0.3) is 0 Å². The lowest BCUT2D eigenvalue weighted by molar-refractivity contribution is -0.183. The zero-order chi connectivity index (χ0) is 14.3. The first-order valence-electron chi connectivity index (χ1n) is 4.33. The molecule has 0 aromatic carbocycles. The highest BCUT2D eigenvalue weighted by molar-refractivity contribution is 6.22. The Morgan fingerprint density at radius 3 is 1.67 bits per heavy atom. The summed E-state index contributed by atoms with van der Waals surface area (Å²) in [5.41, 5.74) is 0. The molecular formula is C9H9NO8. The fourth-order valence-electron chi connectivity index (χ4n) is 0.816. The number of rotatable bonds is 7. The Balaban J connectivity index is 5.10. The number of carbonyl (C=O) groups is 4. The Bertz CT molecular complexity index is 363. The van der Waals surface area contributed by atoms with Gasteiger partial charge >= 0.3 is 23.9 Å². The molecule has 0 fully saturated rings. The number of nitrogens with one attached hydrogen (secondary N) is 1. The van der Waals surface area contributed by atoms with Gasteiger partial charge in [0.1, 0.15) is 6.21 Å². The van der Waals surface area contributed by atoms with Crippen molar-refractivity contribution in [2.45, 2.75) is 12.2 Å². The first-order chi connectivity index (χ1) is 8.33. The molecule has 18 heavy (non-hydrogen) atoms. The summed E-state index contributed by atoms with van der Waals surface area (Å²) in [5, 5.41) is 23.9. The van der Waals surface area contributed by atoms with Gasteiger partial charge in [0.15, 0.2) is 0 Å². The Hall–Kier alpha value is -2.71. The molecule has 0 aromatic rings. The van der Waals surface area contributed by atoms with Crippen LogP contribution in [-0.2, 0) is 28.7 Å². The van der Waals surface area contributed by atoms with Gasteiger partial charge in [-0.1, -0.05) is 6.58 Å². The zero-order valence-electron chi connectivity index (χ0n) is 8.86. The molecule has 0 bridgehead atoms. The van der Waals surface area contributed by atoms with E-state index in [2.05, 4.69) is 16.1 Å². The van der Waals surface area contributed by atoms with Crippen molar-refractivity contribution in [3.63, 3.8) is 0 Å². The molecule has 2 atom stereocenters. The van der Waals surface area contributed by atoms with Crippen molar-refractivity contribution in [1.82, 2.24) is 0 Å². The summed E-state index contributed by atoms with van der Waals surface area (Å²) >= 11 is 0. The Labute approximate surface area is 100 Å². The highest BCUT2D eigenvalue weighted by Crippen LogP contribution is 2.07. The fraction of sp³-hybridized carbons (Fsp3) is 0.222. The van der Waals surface area contributed by atoms with Crippen LogP contribution in [0.2, 0.25) is 0 Å². The van der Waals surface area contributed by atoms with Crippen LogP contribution >= 0.6 is 0 Å². The van der Waals surface area contributed by atoms with Crippen LogP contribution in [0.1, 0.15) is 0 Å². The topological polar surface area (TPSA) is 151 Å². The average Bonchev–Trinajstić information content (AvgIpc) is 2.31. The first kappa shape index (κ1) is 15.3. The van der Waals surface area contributed by atoms with Crippen molar-refractivity contribution in [3.8, 4) is 0 Å². The minimum atomic E-state index is -2.26. The minimum Gasteiger partial charge on any atom is -0.478 e. The van der Waals surface area contributed by atoms with Crippen molar-refractivity contribution in [3.05, 3.63) is 12.7 Å². The van der Waals surface area contributed by atoms with Gasteiger partial charge in [-0.15, -0.1) is 0 Å². The number of hydrogen-bond acceptors (Lipinski definition) is 7. The summed E-state index contributed by atoms with van der Waals surface area (Å²) in [6, 6.07) is 0. The molecule has 0 spiro atoms. The smallest absolute Gasteiger partial charge is 0.349 e. The highest BCUT2D eigenvalue weighted by Gasteiger charge is 2.39. The van der Waals surface area contributed by atoms with E-state index in [0.717, 1.165) is 0 Å². The SMILES string of the molecule is C=CC(=O)O[C@@H](C(=O)O)[C@@H](OC(=O)C=N)C(=O)O. The molecule has 9 nitrogen and oxygen atoms in total. The van der Waals surface area contributed by atoms with Gasteiger partial charge in [-0.05, 0) is 0 Å². The summed E-state index contributed by atoms with van der Waals surface area (Å²) < 4.78 is 8.40. The molecule has 98 valence electrons.